The zero-order chi connectivity index (χ0) is 22.5. The lowest BCUT2D eigenvalue weighted by molar-refractivity contribution is 0.0635. The van der Waals surface area contributed by atoms with Crippen LogP contribution in [0, 0.1) is 0 Å². The number of hydrogen-bond donors (Lipinski definition) is 3. The summed E-state index contributed by atoms with van der Waals surface area (Å²) in [5.74, 6) is 0.355. The smallest absolute Gasteiger partial charge is 0.412 e. The first-order chi connectivity index (χ1) is 13.9. The SMILES string of the molecule is COc1cc(NC(=O)N2CCC[C@H](NS(C)(=O)=O)C2)ccc1NC(=O)OC(C)(C)C. The average molecular weight is 443 g/mol. The van der Waals surface area contributed by atoms with Crippen molar-refractivity contribution < 1.29 is 27.5 Å². The van der Waals surface area contributed by atoms with Crippen LogP contribution in [0.4, 0.5) is 21.0 Å². The topological polar surface area (TPSA) is 126 Å². The van der Waals surface area contributed by atoms with Crippen LogP contribution in [0.25, 0.3) is 0 Å². The van der Waals surface area contributed by atoms with Crippen LogP contribution in [0.1, 0.15) is 33.6 Å². The molecule has 0 unspecified atom stereocenters. The molecule has 1 atom stereocenters. The van der Waals surface area contributed by atoms with Crippen LogP contribution in [-0.4, -0.2) is 63.5 Å². The molecule has 1 aromatic carbocycles. The molecule has 1 fully saturated rings. The van der Waals surface area contributed by atoms with E-state index >= 15 is 0 Å². The molecular formula is C19H30N4O6S. The predicted octanol–water partition coefficient (Wildman–Crippen LogP) is 2.59. The third-order valence-corrected chi connectivity index (χ3v) is 4.94. The van der Waals surface area contributed by atoms with Crippen LogP contribution in [0.2, 0.25) is 0 Å². The Bertz CT molecular complexity index is 882. The molecule has 1 saturated heterocycles. The number of nitrogens with zero attached hydrogens (tertiary/aromatic N) is 1. The van der Waals surface area contributed by atoms with Crippen LogP contribution in [0.15, 0.2) is 18.2 Å². The number of anilines is 2. The highest BCUT2D eigenvalue weighted by Crippen LogP contribution is 2.29. The Balaban J connectivity index is 2.02. The molecule has 3 N–H and O–H groups in total. The lowest BCUT2D eigenvalue weighted by Crippen LogP contribution is -2.50. The molecule has 3 amide bonds. The van der Waals surface area contributed by atoms with Crippen LogP contribution in [0.3, 0.4) is 0 Å². The highest BCUT2D eigenvalue weighted by atomic mass is 32.2. The van der Waals surface area contributed by atoms with Gasteiger partial charge in [0.1, 0.15) is 11.4 Å². The summed E-state index contributed by atoms with van der Waals surface area (Å²) in [5.41, 5.74) is 0.244. The van der Waals surface area contributed by atoms with E-state index in [1.165, 1.54) is 7.11 Å². The minimum absolute atomic E-state index is 0.286. The van der Waals surface area contributed by atoms with Crippen molar-refractivity contribution in [2.75, 3.05) is 37.1 Å². The van der Waals surface area contributed by atoms with Crippen LogP contribution >= 0.6 is 0 Å². The molecule has 0 saturated carbocycles. The van der Waals surface area contributed by atoms with Gasteiger partial charge in [-0.05, 0) is 45.7 Å². The molecule has 0 radical (unpaired) electrons. The van der Waals surface area contributed by atoms with E-state index in [2.05, 4.69) is 15.4 Å². The van der Waals surface area contributed by atoms with Gasteiger partial charge in [-0.2, -0.15) is 0 Å². The third-order valence-electron chi connectivity index (χ3n) is 4.18. The fraction of sp³-hybridized carbons (Fsp3) is 0.579. The van der Waals surface area contributed by atoms with E-state index in [1.807, 2.05) is 0 Å². The Morgan fingerprint density at radius 1 is 1.20 bits per heavy atom. The molecule has 1 aliphatic rings. The van der Waals surface area contributed by atoms with Gasteiger partial charge in [0.2, 0.25) is 10.0 Å². The zero-order valence-corrected chi connectivity index (χ0v) is 18.8. The summed E-state index contributed by atoms with van der Waals surface area (Å²) in [5, 5.41) is 5.39. The van der Waals surface area contributed by atoms with Gasteiger partial charge in [0.25, 0.3) is 0 Å². The second kappa shape index (κ2) is 9.52. The molecular weight excluding hydrogens is 412 g/mol. The van der Waals surface area contributed by atoms with Crippen molar-refractivity contribution >= 4 is 33.5 Å². The van der Waals surface area contributed by atoms with Crippen molar-refractivity contribution in [1.29, 1.82) is 0 Å². The van der Waals surface area contributed by atoms with Crippen LogP contribution in [-0.2, 0) is 14.8 Å². The van der Waals surface area contributed by atoms with E-state index < -0.39 is 21.7 Å². The average Bonchev–Trinajstić information content (AvgIpc) is 2.60. The number of benzene rings is 1. The monoisotopic (exact) mass is 442 g/mol. The third kappa shape index (κ3) is 7.71. The normalized spacial score (nSPS) is 17.2. The molecule has 0 bridgehead atoms. The van der Waals surface area contributed by atoms with Crippen LogP contribution in [0.5, 0.6) is 5.75 Å². The van der Waals surface area contributed by atoms with E-state index in [-0.39, 0.29) is 18.6 Å². The molecule has 0 aliphatic carbocycles. The van der Waals surface area contributed by atoms with Gasteiger partial charge in [0.15, 0.2) is 0 Å². The number of carbonyl (C=O) groups is 2. The number of ether oxygens (including phenoxy) is 2. The largest absolute Gasteiger partial charge is 0.494 e. The van der Waals surface area contributed by atoms with Crippen molar-refractivity contribution in [3.8, 4) is 5.75 Å². The Hall–Kier alpha value is -2.53. The van der Waals surface area contributed by atoms with Crippen molar-refractivity contribution in [2.45, 2.75) is 45.3 Å². The molecule has 168 valence electrons. The molecule has 1 heterocycles. The fourth-order valence-electron chi connectivity index (χ4n) is 3.05. The first-order valence-corrected chi connectivity index (χ1v) is 11.5. The quantitative estimate of drug-likeness (QED) is 0.643. The van der Waals surface area contributed by atoms with E-state index in [0.717, 1.165) is 6.26 Å². The van der Waals surface area contributed by atoms with E-state index in [0.29, 0.717) is 36.5 Å². The number of hydrogen-bond acceptors (Lipinski definition) is 6. The minimum atomic E-state index is -3.34. The Labute approximate surface area is 177 Å². The summed E-state index contributed by atoms with van der Waals surface area (Å²) in [7, 11) is -1.89. The van der Waals surface area contributed by atoms with Crippen molar-refractivity contribution in [3.63, 3.8) is 0 Å². The predicted molar refractivity (Wildman–Crippen MR) is 114 cm³/mol. The van der Waals surface area contributed by atoms with Gasteiger partial charge in [-0.1, -0.05) is 0 Å². The van der Waals surface area contributed by atoms with E-state index in [4.69, 9.17) is 9.47 Å². The van der Waals surface area contributed by atoms with Crippen molar-refractivity contribution in [3.05, 3.63) is 18.2 Å². The summed E-state index contributed by atoms with van der Waals surface area (Å²) in [6.45, 7) is 6.11. The van der Waals surface area contributed by atoms with Gasteiger partial charge < -0.3 is 19.7 Å². The maximum Gasteiger partial charge on any atom is 0.412 e. The summed E-state index contributed by atoms with van der Waals surface area (Å²) in [4.78, 5) is 26.1. The van der Waals surface area contributed by atoms with E-state index in [1.54, 1.807) is 43.9 Å². The molecule has 0 aromatic heterocycles. The maximum absolute atomic E-state index is 12.6. The number of rotatable bonds is 5. The lowest BCUT2D eigenvalue weighted by atomic mass is 10.1. The highest BCUT2D eigenvalue weighted by molar-refractivity contribution is 7.88. The molecule has 30 heavy (non-hydrogen) atoms. The first kappa shape index (κ1) is 23.7. The standard InChI is InChI=1S/C19H30N4O6S/c1-19(2,3)29-18(25)21-15-9-8-13(11-16(15)28-4)20-17(24)23-10-6-7-14(12-23)22-30(5,26)27/h8-9,11,14,22H,6-7,10,12H2,1-5H3,(H,20,24)(H,21,25)/t14-/m0/s1. The second-order valence-corrected chi connectivity index (χ2v) is 9.93. The number of nitrogens with one attached hydrogen (secondary N) is 3. The molecule has 10 nitrogen and oxygen atoms in total. The Morgan fingerprint density at radius 2 is 1.90 bits per heavy atom. The van der Waals surface area contributed by atoms with Crippen LogP contribution < -0.4 is 20.1 Å². The number of sulfonamides is 1. The van der Waals surface area contributed by atoms with Gasteiger partial charge in [0, 0.05) is 30.9 Å². The molecule has 2 rings (SSSR count). The minimum Gasteiger partial charge on any atom is -0.494 e. The van der Waals surface area contributed by atoms with Gasteiger partial charge in [0.05, 0.1) is 19.1 Å². The number of carbonyl (C=O) groups excluding carboxylic acids is 2. The first-order valence-electron chi connectivity index (χ1n) is 9.57. The molecule has 0 spiro atoms. The molecule has 1 aliphatic heterocycles. The zero-order valence-electron chi connectivity index (χ0n) is 17.9. The fourth-order valence-corrected chi connectivity index (χ4v) is 3.85. The molecule has 1 aromatic rings. The van der Waals surface area contributed by atoms with Crippen molar-refractivity contribution in [1.82, 2.24) is 9.62 Å². The molecule has 11 heteroatoms. The lowest BCUT2D eigenvalue weighted by Gasteiger charge is -2.32. The number of amides is 3. The number of methoxy groups -OCH3 is 1. The van der Waals surface area contributed by atoms with Gasteiger partial charge in [-0.15, -0.1) is 0 Å². The number of urea groups is 1. The highest BCUT2D eigenvalue weighted by Gasteiger charge is 2.26. The summed E-state index contributed by atoms with van der Waals surface area (Å²) < 4.78 is 36.0. The second-order valence-electron chi connectivity index (χ2n) is 8.15. The van der Waals surface area contributed by atoms with Gasteiger partial charge >= 0.3 is 12.1 Å². The number of piperidine rings is 1. The number of likely N-dealkylation sites (tertiary alicyclic amines) is 1. The summed E-state index contributed by atoms with van der Waals surface area (Å²) in [6.07, 6.45) is 1.86. The Kier molecular flexibility index (Phi) is 7.54. The van der Waals surface area contributed by atoms with Gasteiger partial charge in [-0.3, -0.25) is 5.32 Å². The maximum atomic E-state index is 12.6. The summed E-state index contributed by atoms with van der Waals surface area (Å²) in [6, 6.07) is 4.16. The summed E-state index contributed by atoms with van der Waals surface area (Å²) >= 11 is 0. The van der Waals surface area contributed by atoms with Crippen molar-refractivity contribution in [2.24, 2.45) is 0 Å². The van der Waals surface area contributed by atoms with Gasteiger partial charge in [-0.25, -0.2) is 22.7 Å². The Morgan fingerprint density at radius 3 is 2.50 bits per heavy atom. The van der Waals surface area contributed by atoms with E-state index in [9.17, 15) is 18.0 Å².